The van der Waals surface area contributed by atoms with Crippen molar-refractivity contribution in [1.29, 1.82) is 0 Å². The van der Waals surface area contributed by atoms with E-state index >= 15 is 0 Å². The first-order chi connectivity index (χ1) is 11.7. The van der Waals surface area contributed by atoms with Crippen LogP contribution >= 0.6 is 0 Å². The van der Waals surface area contributed by atoms with E-state index in [1.54, 1.807) is 0 Å². The van der Waals surface area contributed by atoms with Crippen LogP contribution in [0.25, 0.3) is 0 Å². The van der Waals surface area contributed by atoms with Gasteiger partial charge in [-0.1, -0.05) is 6.92 Å². The number of rotatable bonds is 6. The van der Waals surface area contributed by atoms with Crippen molar-refractivity contribution in [2.24, 2.45) is 0 Å². The summed E-state index contributed by atoms with van der Waals surface area (Å²) < 4.78 is 28.4. The molecule has 2 N–H and O–H groups in total. The largest absolute Gasteiger partial charge is 0.451 e. The topological polar surface area (TPSA) is 133 Å². The molecule has 1 aliphatic heterocycles. The standard InChI is InChI=1S/C15H22N4O5S/c1-3-10(2)19(11-4-7-25(22,23)9-11)12(20)8-24-15(21)13-14(16)18-6-5-17-13/h5-6,10-11H,3-4,7-9H2,1-2H3,(H2,16,18). The molecular formula is C15H22N4O5S. The van der Waals surface area contributed by atoms with E-state index in [1.165, 1.54) is 17.3 Å². The summed E-state index contributed by atoms with van der Waals surface area (Å²) >= 11 is 0. The Morgan fingerprint density at radius 3 is 2.64 bits per heavy atom. The predicted molar refractivity (Wildman–Crippen MR) is 90.4 cm³/mol. The molecule has 0 aliphatic carbocycles. The number of nitrogen functional groups attached to an aromatic ring is 1. The summed E-state index contributed by atoms with van der Waals surface area (Å²) in [6.07, 6.45) is 3.68. The maximum atomic E-state index is 12.5. The first-order valence-corrected chi connectivity index (χ1v) is 9.82. The van der Waals surface area contributed by atoms with Gasteiger partial charge >= 0.3 is 5.97 Å². The molecule has 2 unspecified atom stereocenters. The third-order valence-electron chi connectivity index (χ3n) is 4.20. The molecule has 1 saturated heterocycles. The van der Waals surface area contributed by atoms with Gasteiger partial charge in [0.1, 0.15) is 0 Å². The number of carbonyl (C=O) groups is 2. The molecule has 10 heteroatoms. The van der Waals surface area contributed by atoms with Gasteiger partial charge in [-0.05, 0) is 19.8 Å². The van der Waals surface area contributed by atoms with Gasteiger partial charge in [0.2, 0.25) is 0 Å². The van der Waals surface area contributed by atoms with Gasteiger partial charge in [-0.25, -0.2) is 23.2 Å². The molecule has 2 atom stereocenters. The van der Waals surface area contributed by atoms with Gasteiger partial charge in [0.05, 0.1) is 11.5 Å². The third kappa shape index (κ3) is 4.65. The number of ether oxygens (including phenoxy) is 1. The average Bonchev–Trinajstić information content (AvgIpc) is 2.92. The molecule has 0 bridgehead atoms. The summed E-state index contributed by atoms with van der Waals surface area (Å²) in [5, 5.41) is 0. The second-order valence-corrected chi connectivity index (χ2v) is 8.21. The number of hydrogen-bond donors (Lipinski definition) is 1. The zero-order valence-corrected chi connectivity index (χ0v) is 15.0. The van der Waals surface area contributed by atoms with Gasteiger partial charge in [-0.15, -0.1) is 0 Å². The Morgan fingerprint density at radius 1 is 1.40 bits per heavy atom. The van der Waals surface area contributed by atoms with Crippen molar-refractivity contribution < 1.29 is 22.7 Å². The van der Waals surface area contributed by atoms with Crippen LogP contribution in [0.15, 0.2) is 12.4 Å². The molecule has 25 heavy (non-hydrogen) atoms. The second-order valence-electron chi connectivity index (χ2n) is 5.98. The molecule has 138 valence electrons. The summed E-state index contributed by atoms with van der Waals surface area (Å²) in [4.78, 5) is 33.6. The van der Waals surface area contributed by atoms with Crippen molar-refractivity contribution in [2.75, 3.05) is 23.8 Å². The number of nitrogens with zero attached hydrogens (tertiary/aromatic N) is 3. The zero-order valence-electron chi connectivity index (χ0n) is 14.2. The van der Waals surface area contributed by atoms with Crippen LogP contribution in [0.5, 0.6) is 0 Å². The highest BCUT2D eigenvalue weighted by molar-refractivity contribution is 7.91. The number of amides is 1. The van der Waals surface area contributed by atoms with E-state index in [1.807, 2.05) is 13.8 Å². The molecule has 9 nitrogen and oxygen atoms in total. The first-order valence-electron chi connectivity index (χ1n) is 8.00. The quantitative estimate of drug-likeness (QED) is 0.694. The SMILES string of the molecule is CCC(C)N(C(=O)COC(=O)c1nccnc1N)C1CCS(=O)(=O)C1. The fourth-order valence-corrected chi connectivity index (χ4v) is 4.49. The molecule has 0 saturated carbocycles. The van der Waals surface area contributed by atoms with E-state index in [0.717, 1.165) is 0 Å². The Morgan fingerprint density at radius 2 is 2.08 bits per heavy atom. The molecule has 1 fully saturated rings. The average molecular weight is 370 g/mol. The van der Waals surface area contributed by atoms with Crippen molar-refractivity contribution in [3.05, 3.63) is 18.1 Å². The van der Waals surface area contributed by atoms with E-state index in [2.05, 4.69) is 9.97 Å². The maximum absolute atomic E-state index is 12.5. The Balaban J connectivity index is 2.05. The highest BCUT2D eigenvalue weighted by Gasteiger charge is 2.36. The van der Waals surface area contributed by atoms with E-state index in [0.29, 0.717) is 12.8 Å². The van der Waals surface area contributed by atoms with Crippen molar-refractivity contribution in [2.45, 2.75) is 38.8 Å². The summed E-state index contributed by atoms with van der Waals surface area (Å²) in [5.74, 6) is -1.36. The van der Waals surface area contributed by atoms with Crippen molar-refractivity contribution in [3.63, 3.8) is 0 Å². The van der Waals surface area contributed by atoms with Crippen LogP contribution < -0.4 is 5.73 Å². The lowest BCUT2D eigenvalue weighted by Crippen LogP contribution is -2.48. The number of aromatic nitrogens is 2. The van der Waals surface area contributed by atoms with Crippen LogP contribution in [-0.2, 0) is 19.4 Å². The fourth-order valence-electron chi connectivity index (χ4n) is 2.78. The smallest absolute Gasteiger partial charge is 0.361 e. The van der Waals surface area contributed by atoms with Crippen LogP contribution in [0.3, 0.4) is 0 Å². The summed E-state index contributed by atoms with van der Waals surface area (Å²) in [5.41, 5.74) is 5.39. The van der Waals surface area contributed by atoms with Gasteiger partial charge in [-0.2, -0.15) is 0 Å². The van der Waals surface area contributed by atoms with Crippen LogP contribution in [0.2, 0.25) is 0 Å². The van der Waals surface area contributed by atoms with Gasteiger partial charge in [-0.3, -0.25) is 4.79 Å². The minimum absolute atomic E-state index is 0.0614. The molecule has 0 spiro atoms. The Labute approximate surface area is 146 Å². The normalized spacial score (nSPS) is 20.0. The highest BCUT2D eigenvalue weighted by atomic mass is 32.2. The van der Waals surface area contributed by atoms with E-state index < -0.39 is 34.4 Å². The Bertz CT molecular complexity index is 752. The van der Waals surface area contributed by atoms with E-state index in [4.69, 9.17) is 10.5 Å². The molecule has 1 aromatic heterocycles. The van der Waals surface area contributed by atoms with Gasteiger partial charge in [0, 0.05) is 24.5 Å². The van der Waals surface area contributed by atoms with Crippen LogP contribution in [0.4, 0.5) is 5.82 Å². The van der Waals surface area contributed by atoms with E-state index in [9.17, 15) is 18.0 Å². The number of anilines is 1. The molecule has 1 amide bonds. The Kier molecular flexibility index (Phi) is 5.93. The molecule has 1 aromatic rings. The van der Waals surface area contributed by atoms with Crippen LogP contribution in [-0.4, -0.2) is 65.4 Å². The van der Waals surface area contributed by atoms with Crippen LogP contribution in [0, 0.1) is 0 Å². The van der Waals surface area contributed by atoms with Gasteiger partial charge in [0.25, 0.3) is 5.91 Å². The lowest BCUT2D eigenvalue weighted by molar-refractivity contribution is -0.138. The molecule has 0 radical (unpaired) electrons. The van der Waals surface area contributed by atoms with Crippen molar-refractivity contribution in [3.8, 4) is 0 Å². The predicted octanol–water partition coefficient (Wildman–Crippen LogP) is 0.0298. The molecule has 2 heterocycles. The van der Waals surface area contributed by atoms with E-state index in [-0.39, 0.29) is 29.1 Å². The van der Waals surface area contributed by atoms with Crippen molar-refractivity contribution in [1.82, 2.24) is 14.9 Å². The summed E-state index contributed by atoms with van der Waals surface area (Å²) in [6.45, 7) is 3.24. The zero-order chi connectivity index (χ0) is 18.6. The van der Waals surface area contributed by atoms with Crippen LogP contribution in [0.1, 0.15) is 37.2 Å². The van der Waals surface area contributed by atoms with Gasteiger partial charge < -0.3 is 15.4 Å². The van der Waals surface area contributed by atoms with Crippen molar-refractivity contribution >= 4 is 27.5 Å². The molecule has 0 aromatic carbocycles. The summed E-state index contributed by atoms with van der Waals surface area (Å²) in [6, 6.07) is -0.557. The fraction of sp³-hybridized carbons (Fsp3) is 0.600. The minimum Gasteiger partial charge on any atom is -0.451 e. The number of nitrogens with two attached hydrogens (primary N) is 1. The third-order valence-corrected chi connectivity index (χ3v) is 5.95. The molecular weight excluding hydrogens is 348 g/mol. The Hall–Kier alpha value is -2.23. The number of hydrogen-bond acceptors (Lipinski definition) is 8. The first kappa shape index (κ1) is 19.1. The lowest BCUT2D eigenvalue weighted by atomic mass is 10.1. The summed E-state index contributed by atoms with van der Waals surface area (Å²) in [7, 11) is -3.13. The number of esters is 1. The maximum Gasteiger partial charge on any atom is 0.361 e. The molecule has 2 rings (SSSR count). The number of sulfone groups is 1. The molecule has 1 aliphatic rings. The highest BCUT2D eigenvalue weighted by Crippen LogP contribution is 2.21. The lowest BCUT2D eigenvalue weighted by Gasteiger charge is -2.33. The minimum atomic E-state index is -3.13. The number of carbonyl (C=O) groups excluding carboxylic acids is 2. The van der Waals surface area contributed by atoms with Gasteiger partial charge in [0.15, 0.2) is 28.0 Å². The second kappa shape index (κ2) is 7.77. The monoisotopic (exact) mass is 370 g/mol.